The Morgan fingerprint density at radius 1 is 1.17 bits per heavy atom. The Morgan fingerprint density at radius 2 is 1.90 bits per heavy atom. The molecule has 158 valence electrons. The van der Waals surface area contributed by atoms with Crippen molar-refractivity contribution in [3.8, 4) is 0 Å². The molecule has 4 rings (SSSR count). The average molecular weight is 407 g/mol. The van der Waals surface area contributed by atoms with Crippen molar-refractivity contribution in [1.82, 2.24) is 25.0 Å². The van der Waals surface area contributed by atoms with Crippen molar-refractivity contribution >= 4 is 22.6 Å². The summed E-state index contributed by atoms with van der Waals surface area (Å²) >= 11 is 0. The van der Waals surface area contributed by atoms with Crippen LogP contribution in [0.1, 0.15) is 41.5 Å². The van der Waals surface area contributed by atoms with Crippen LogP contribution in [0.4, 0.5) is 5.69 Å². The number of aromatic nitrogens is 3. The predicted octanol–water partition coefficient (Wildman–Crippen LogP) is 3.00. The van der Waals surface area contributed by atoms with E-state index in [4.69, 9.17) is 0 Å². The molecule has 3 heterocycles. The van der Waals surface area contributed by atoms with Gasteiger partial charge in [0, 0.05) is 49.8 Å². The third-order valence-electron chi connectivity index (χ3n) is 5.77. The first-order chi connectivity index (χ1) is 14.4. The first kappa shape index (κ1) is 20.3. The number of anilines is 1. The molecule has 1 aliphatic rings. The average Bonchev–Trinajstić information content (AvgIpc) is 3.15. The van der Waals surface area contributed by atoms with Gasteiger partial charge in [0.15, 0.2) is 5.65 Å². The molecule has 0 saturated carbocycles. The molecule has 1 aliphatic heterocycles. The van der Waals surface area contributed by atoms with Gasteiger partial charge in [-0.3, -0.25) is 4.79 Å². The number of amides is 1. The molecule has 0 unspecified atom stereocenters. The van der Waals surface area contributed by atoms with Crippen molar-refractivity contribution in [3.05, 3.63) is 53.3 Å². The summed E-state index contributed by atoms with van der Waals surface area (Å²) in [5, 5.41) is 8.39. The highest BCUT2D eigenvalue weighted by Gasteiger charge is 2.18. The number of carbonyl (C=O) groups excluding carboxylic acids is 1. The molecule has 30 heavy (non-hydrogen) atoms. The van der Waals surface area contributed by atoms with E-state index in [1.165, 1.54) is 5.69 Å². The van der Waals surface area contributed by atoms with E-state index in [2.05, 4.69) is 64.3 Å². The Labute approximate surface area is 177 Å². The van der Waals surface area contributed by atoms with E-state index in [0.717, 1.165) is 48.5 Å². The summed E-state index contributed by atoms with van der Waals surface area (Å²) in [4.78, 5) is 22.4. The topological polar surface area (TPSA) is 66.3 Å². The van der Waals surface area contributed by atoms with Gasteiger partial charge in [-0.15, -0.1) is 0 Å². The Balaban J connectivity index is 1.51. The second-order valence-electron chi connectivity index (χ2n) is 8.32. The van der Waals surface area contributed by atoms with E-state index in [9.17, 15) is 4.79 Å². The van der Waals surface area contributed by atoms with Gasteiger partial charge in [0.2, 0.25) is 0 Å². The third kappa shape index (κ3) is 4.03. The molecule has 1 saturated heterocycles. The van der Waals surface area contributed by atoms with Gasteiger partial charge < -0.3 is 15.1 Å². The number of carbonyl (C=O) groups is 1. The van der Waals surface area contributed by atoms with Crippen LogP contribution >= 0.6 is 0 Å². The summed E-state index contributed by atoms with van der Waals surface area (Å²) in [6.45, 7) is 10.6. The third-order valence-corrected chi connectivity index (χ3v) is 5.77. The number of rotatable bonds is 5. The van der Waals surface area contributed by atoms with Crippen LogP contribution in [0.2, 0.25) is 0 Å². The highest BCUT2D eigenvalue weighted by molar-refractivity contribution is 5.98. The van der Waals surface area contributed by atoms with Crippen molar-refractivity contribution in [2.75, 3.05) is 38.1 Å². The predicted molar refractivity (Wildman–Crippen MR) is 120 cm³/mol. The fourth-order valence-electron chi connectivity index (χ4n) is 3.96. The van der Waals surface area contributed by atoms with Crippen molar-refractivity contribution in [1.29, 1.82) is 0 Å². The lowest BCUT2D eigenvalue weighted by Gasteiger charge is -2.35. The number of likely N-dealkylation sites (N-methyl/N-ethyl adjacent to an activating group) is 1. The molecular formula is C23H30N6O. The van der Waals surface area contributed by atoms with Crippen molar-refractivity contribution in [2.24, 2.45) is 0 Å². The van der Waals surface area contributed by atoms with Crippen LogP contribution in [0.25, 0.3) is 11.0 Å². The molecule has 0 radical (unpaired) electrons. The lowest BCUT2D eigenvalue weighted by Crippen LogP contribution is -2.45. The highest BCUT2D eigenvalue weighted by Crippen LogP contribution is 2.23. The lowest BCUT2D eigenvalue weighted by molar-refractivity contribution is 0.0950. The maximum atomic E-state index is 13.0. The fraction of sp³-hybridized carbons (Fsp3) is 0.435. The van der Waals surface area contributed by atoms with Crippen LogP contribution in [0.15, 0.2) is 36.5 Å². The van der Waals surface area contributed by atoms with E-state index in [0.29, 0.717) is 12.1 Å². The molecule has 0 spiro atoms. The normalized spacial score (nSPS) is 15.2. The molecular weight excluding hydrogens is 376 g/mol. The van der Waals surface area contributed by atoms with Gasteiger partial charge >= 0.3 is 0 Å². The molecule has 0 atom stereocenters. The fourth-order valence-corrected chi connectivity index (χ4v) is 3.96. The first-order valence-electron chi connectivity index (χ1n) is 10.6. The quantitative estimate of drug-likeness (QED) is 0.706. The molecule has 1 aromatic carbocycles. The summed E-state index contributed by atoms with van der Waals surface area (Å²) in [7, 11) is 2.15. The van der Waals surface area contributed by atoms with E-state index in [-0.39, 0.29) is 11.9 Å². The molecule has 1 fully saturated rings. The Morgan fingerprint density at radius 3 is 2.63 bits per heavy atom. The number of aryl methyl sites for hydroxylation is 1. The molecule has 7 heteroatoms. The number of hydrogen-bond donors (Lipinski definition) is 1. The van der Waals surface area contributed by atoms with Crippen molar-refractivity contribution in [3.63, 3.8) is 0 Å². The monoisotopic (exact) mass is 406 g/mol. The van der Waals surface area contributed by atoms with E-state index in [1.54, 1.807) is 6.20 Å². The molecule has 7 nitrogen and oxygen atoms in total. The summed E-state index contributed by atoms with van der Waals surface area (Å²) in [6, 6.07) is 10.4. The zero-order chi connectivity index (χ0) is 21.3. The molecule has 1 amide bonds. The number of para-hydroxylation sites is 1. The van der Waals surface area contributed by atoms with Crippen LogP contribution in [0, 0.1) is 6.92 Å². The van der Waals surface area contributed by atoms with Gasteiger partial charge in [0.1, 0.15) is 0 Å². The number of hydrogen-bond acceptors (Lipinski definition) is 5. The van der Waals surface area contributed by atoms with E-state index in [1.807, 2.05) is 23.7 Å². The Hall–Kier alpha value is -2.93. The zero-order valence-electron chi connectivity index (χ0n) is 18.2. The first-order valence-corrected chi connectivity index (χ1v) is 10.6. The van der Waals surface area contributed by atoms with Crippen LogP contribution < -0.4 is 10.2 Å². The smallest absolute Gasteiger partial charge is 0.253 e. The second kappa shape index (κ2) is 8.44. The van der Waals surface area contributed by atoms with Gasteiger partial charge in [-0.2, -0.15) is 5.10 Å². The van der Waals surface area contributed by atoms with Crippen LogP contribution in [-0.2, 0) is 6.54 Å². The van der Waals surface area contributed by atoms with Crippen LogP contribution in [-0.4, -0.2) is 58.8 Å². The number of pyridine rings is 1. The Bertz CT molecular complexity index is 1050. The number of fused-ring (bicyclic) bond motifs is 1. The number of nitrogens with one attached hydrogen (secondary N) is 1. The minimum absolute atomic E-state index is 0.104. The number of benzene rings is 1. The summed E-state index contributed by atoms with van der Waals surface area (Å²) in [5.41, 5.74) is 4.47. The molecule has 2 aromatic heterocycles. The maximum Gasteiger partial charge on any atom is 0.253 e. The minimum atomic E-state index is -0.104. The van der Waals surface area contributed by atoms with Gasteiger partial charge in [0.25, 0.3) is 5.91 Å². The summed E-state index contributed by atoms with van der Waals surface area (Å²) in [5.74, 6) is -0.104. The SMILES string of the molecule is Cc1nc2c(cnn2C(C)C)cc1C(=O)NCc1ccccc1N1CCN(C)CC1. The zero-order valence-corrected chi connectivity index (χ0v) is 18.2. The molecule has 1 N–H and O–H groups in total. The minimum Gasteiger partial charge on any atom is -0.369 e. The summed E-state index contributed by atoms with van der Waals surface area (Å²) < 4.78 is 1.89. The van der Waals surface area contributed by atoms with E-state index < -0.39 is 0 Å². The van der Waals surface area contributed by atoms with Gasteiger partial charge in [-0.05, 0) is 45.5 Å². The van der Waals surface area contributed by atoms with Gasteiger partial charge in [0.05, 0.1) is 17.5 Å². The van der Waals surface area contributed by atoms with Crippen LogP contribution in [0.5, 0.6) is 0 Å². The van der Waals surface area contributed by atoms with Crippen molar-refractivity contribution in [2.45, 2.75) is 33.4 Å². The molecule has 0 bridgehead atoms. The second-order valence-corrected chi connectivity index (χ2v) is 8.32. The van der Waals surface area contributed by atoms with E-state index >= 15 is 0 Å². The molecule has 0 aliphatic carbocycles. The summed E-state index contributed by atoms with van der Waals surface area (Å²) in [6.07, 6.45) is 1.78. The number of piperazine rings is 1. The largest absolute Gasteiger partial charge is 0.369 e. The highest BCUT2D eigenvalue weighted by atomic mass is 16.1. The number of nitrogens with zero attached hydrogens (tertiary/aromatic N) is 5. The van der Waals surface area contributed by atoms with Crippen molar-refractivity contribution < 1.29 is 4.79 Å². The van der Waals surface area contributed by atoms with Crippen LogP contribution in [0.3, 0.4) is 0 Å². The maximum absolute atomic E-state index is 13.0. The van der Waals surface area contributed by atoms with Gasteiger partial charge in [-0.1, -0.05) is 18.2 Å². The lowest BCUT2D eigenvalue weighted by atomic mass is 10.1. The standard InChI is InChI=1S/C23H30N6O/c1-16(2)29-22-19(15-25-29)13-20(17(3)26-22)23(30)24-14-18-7-5-6-8-21(18)28-11-9-27(4)10-12-28/h5-8,13,15-16H,9-12,14H2,1-4H3,(H,24,30). The Kier molecular flexibility index (Phi) is 5.72. The van der Waals surface area contributed by atoms with Gasteiger partial charge in [-0.25, -0.2) is 9.67 Å². The molecule has 3 aromatic rings.